The number of benzene rings is 3. The highest BCUT2D eigenvalue weighted by Gasteiger charge is 2.20. The van der Waals surface area contributed by atoms with Crippen LogP contribution in [-0.4, -0.2) is 50.9 Å². The van der Waals surface area contributed by atoms with Gasteiger partial charge in [-0.3, -0.25) is 0 Å². The van der Waals surface area contributed by atoms with Crippen molar-refractivity contribution in [1.29, 1.82) is 0 Å². The van der Waals surface area contributed by atoms with Crippen LogP contribution >= 0.6 is 0 Å². The van der Waals surface area contributed by atoms with Gasteiger partial charge in [-0.1, -0.05) is 30.3 Å². The SMILES string of the molecule is O=C(O)c1ccc(OCCC(Oc2ccc(C(=O)O)c(C(=O)O)c2)c2ccccc2)cc1C(=O)O. The molecule has 0 bridgehead atoms. The third-order valence-electron chi connectivity index (χ3n) is 5.00. The van der Waals surface area contributed by atoms with Crippen LogP contribution in [-0.2, 0) is 0 Å². The highest BCUT2D eigenvalue weighted by molar-refractivity contribution is 6.02. The molecular formula is C25H20O10. The molecule has 4 N–H and O–H groups in total. The summed E-state index contributed by atoms with van der Waals surface area (Å²) < 4.78 is 11.6. The van der Waals surface area contributed by atoms with E-state index in [1.807, 2.05) is 0 Å². The highest BCUT2D eigenvalue weighted by atomic mass is 16.5. The van der Waals surface area contributed by atoms with Gasteiger partial charge in [0.25, 0.3) is 0 Å². The van der Waals surface area contributed by atoms with Gasteiger partial charge < -0.3 is 29.9 Å². The van der Waals surface area contributed by atoms with Gasteiger partial charge >= 0.3 is 23.9 Å². The molecule has 3 rings (SSSR count). The Morgan fingerprint density at radius 1 is 0.629 bits per heavy atom. The molecule has 0 radical (unpaired) electrons. The molecule has 35 heavy (non-hydrogen) atoms. The van der Waals surface area contributed by atoms with Crippen molar-refractivity contribution in [2.75, 3.05) is 6.61 Å². The van der Waals surface area contributed by atoms with Gasteiger partial charge in [0.1, 0.15) is 17.6 Å². The van der Waals surface area contributed by atoms with E-state index in [1.165, 1.54) is 12.1 Å². The fraction of sp³-hybridized carbons (Fsp3) is 0.120. The molecule has 3 aromatic rings. The quantitative estimate of drug-likeness (QED) is 0.314. The van der Waals surface area contributed by atoms with Crippen LogP contribution in [0.3, 0.4) is 0 Å². The van der Waals surface area contributed by atoms with E-state index in [4.69, 9.17) is 14.6 Å². The fourth-order valence-electron chi connectivity index (χ4n) is 3.35. The molecule has 180 valence electrons. The second-order valence-electron chi connectivity index (χ2n) is 7.29. The smallest absolute Gasteiger partial charge is 0.336 e. The number of aromatic carboxylic acids is 4. The molecule has 0 aromatic heterocycles. The zero-order chi connectivity index (χ0) is 25.5. The van der Waals surface area contributed by atoms with Gasteiger partial charge in [0.2, 0.25) is 0 Å². The summed E-state index contributed by atoms with van der Waals surface area (Å²) in [5.41, 5.74) is -0.830. The topological polar surface area (TPSA) is 168 Å². The van der Waals surface area contributed by atoms with Crippen molar-refractivity contribution in [2.24, 2.45) is 0 Å². The number of rotatable bonds is 11. The van der Waals surface area contributed by atoms with E-state index in [0.29, 0.717) is 0 Å². The van der Waals surface area contributed by atoms with Crippen LogP contribution in [0, 0.1) is 0 Å². The molecule has 0 saturated carbocycles. The second-order valence-corrected chi connectivity index (χ2v) is 7.29. The van der Waals surface area contributed by atoms with E-state index < -0.39 is 41.1 Å². The van der Waals surface area contributed by atoms with Crippen LogP contribution in [0.4, 0.5) is 0 Å². The lowest BCUT2D eigenvalue weighted by Crippen LogP contribution is -2.14. The van der Waals surface area contributed by atoms with Gasteiger partial charge in [0.05, 0.1) is 28.9 Å². The van der Waals surface area contributed by atoms with Crippen LogP contribution in [0.1, 0.15) is 59.5 Å². The van der Waals surface area contributed by atoms with Crippen molar-refractivity contribution in [2.45, 2.75) is 12.5 Å². The maximum absolute atomic E-state index is 11.5. The molecular weight excluding hydrogens is 460 g/mol. The van der Waals surface area contributed by atoms with Gasteiger partial charge in [-0.2, -0.15) is 0 Å². The Morgan fingerprint density at radius 3 is 1.63 bits per heavy atom. The molecule has 0 aliphatic carbocycles. The predicted molar refractivity (Wildman–Crippen MR) is 121 cm³/mol. The lowest BCUT2D eigenvalue weighted by molar-refractivity contribution is 0.0650. The Morgan fingerprint density at radius 2 is 1.11 bits per heavy atom. The van der Waals surface area contributed by atoms with Crippen molar-refractivity contribution < 1.29 is 49.1 Å². The largest absolute Gasteiger partial charge is 0.493 e. The van der Waals surface area contributed by atoms with Crippen molar-refractivity contribution in [1.82, 2.24) is 0 Å². The number of hydrogen-bond acceptors (Lipinski definition) is 6. The predicted octanol–water partition coefficient (Wildman–Crippen LogP) is 4.07. The minimum atomic E-state index is -1.41. The Balaban J connectivity index is 1.80. The Bertz CT molecular complexity index is 1270. The maximum Gasteiger partial charge on any atom is 0.336 e. The lowest BCUT2D eigenvalue weighted by Gasteiger charge is -2.20. The molecule has 10 nitrogen and oxygen atoms in total. The number of carboxylic acids is 4. The van der Waals surface area contributed by atoms with Crippen LogP contribution in [0.15, 0.2) is 66.7 Å². The molecule has 0 saturated heterocycles. The molecule has 1 atom stereocenters. The molecule has 0 spiro atoms. The third-order valence-corrected chi connectivity index (χ3v) is 5.00. The number of hydrogen-bond donors (Lipinski definition) is 4. The summed E-state index contributed by atoms with van der Waals surface area (Å²) in [6.07, 6.45) is -0.373. The molecule has 0 aliphatic heterocycles. The first-order valence-electron chi connectivity index (χ1n) is 10.2. The second kappa shape index (κ2) is 10.8. The standard InChI is InChI=1S/C25H20O10/c26-22(27)17-8-6-15(12-19(17)24(30)31)34-11-10-21(14-4-2-1-3-5-14)35-16-7-9-18(23(28)29)20(13-16)25(32)33/h1-9,12-13,21H,10-11H2,(H,26,27)(H,28,29)(H,30,31)(H,32,33). The first kappa shape index (κ1) is 24.8. The van der Waals surface area contributed by atoms with Crippen LogP contribution in [0.25, 0.3) is 0 Å². The zero-order valence-electron chi connectivity index (χ0n) is 18.1. The fourth-order valence-corrected chi connectivity index (χ4v) is 3.35. The first-order valence-corrected chi connectivity index (χ1v) is 10.2. The molecule has 1 unspecified atom stereocenters. The summed E-state index contributed by atoms with van der Waals surface area (Å²) in [6, 6.07) is 16.2. The lowest BCUT2D eigenvalue weighted by atomic mass is 10.1. The number of ether oxygens (including phenoxy) is 2. The molecule has 0 amide bonds. The van der Waals surface area contributed by atoms with Crippen molar-refractivity contribution in [3.8, 4) is 11.5 Å². The Hall–Kier alpha value is -4.86. The summed E-state index contributed by atoms with van der Waals surface area (Å²) in [7, 11) is 0. The molecule has 0 fully saturated rings. The summed E-state index contributed by atoms with van der Waals surface area (Å²) in [5, 5.41) is 37.0. The number of carboxylic acid groups (broad SMARTS) is 4. The van der Waals surface area contributed by atoms with Crippen LogP contribution < -0.4 is 9.47 Å². The van der Waals surface area contributed by atoms with E-state index in [9.17, 15) is 34.5 Å². The highest BCUT2D eigenvalue weighted by Crippen LogP contribution is 2.28. The van der Waals surface area contributed by atoms with E-state index in [-0.39, 0.29) is 35.7 Å². The molecule has 3 aromatic carbocycles. The normalized spacial score (nSPS) is 11.3. The minimum Gasteiger partial charge on any atom is -0.493 e. The average molecular weight is 480 g/mol. The van der Waals surface area contributed by atoms with Gasteiger partial charge in [-0.15, -0.1) is 0 Å². The van der Waals surface area contributed by atoms with E-state index in [0.717, 1.165) is 29.8 Å². The Kier molecular flexibility index (Phi) is 7.67. The minimum absolute atomic E-state index is 0.0457. The third kappa shape index (κ3) is 6.14. The molecule has 0 aliphatic rings. The molecule has 0 heterocycles. The van der Waals surface area contributed by atoms with Crippen LogP contribution in [0.5, 0.6) is 11.5 Å². The van der Waals surface area contributed by atoms with Crippen LogP contribution in [0.2, 0.25) is 0 Å². The summed E-state index contributed by atoms with van der Waals surface area (Å²) in [4.78, 5) is 45.4. The van der Waals surface area contributed by atoms with Gasteiger partial charge in [0, 0.05) is 6.42 Å². The average Bonchev–Trinajstić information content (AvgIpc) is 2.83. The molecule has 10 heteroatoms. The van der Waals surface area contributed by atoms with Gasteiger partial charge in [0.15, 0.2) is 0 Å². The monoisotopic (exact) mass is 480 g/mol. The van der Waals surface area contributed by atoms with Gasteiger partial charge in [-0.25, -0.2) is 19.2 Å². The van der Waals surface area contributed by atoms with Crippen molar-refractivity contribution in [3.63, 3.8) is 0 Å². The summed E-state index contributed by atoms with van der Waals surface area (Å²) in [5.74, 6) is -5.28. The van der Waals surface area contributed by atoms with E-state index in [1.54, 1.807) is 30.3 Å². The summed E-state index contributed by atoms with van der Waals surface area (Å²) >= 11 is 0. The zero-order valence-corrected chi connectivity index (χ0v) is 18.1. The first-order chi connectivity index (χ1) is 16.7. The van der Waals surface area contributed by atoms with E-state index in [2.05, 4.69) is 0 Å². The number of carbonyl (C=O) groups is 4. The van der Waals surface area contributed by atoms with E-state index >= 15 is 0 Å². The maximum atomic E-state index is 11.5. The van der Waals surface area contributed by atoms with Gasteiger partial charge in [-0.05, 0) is 42.0 Å². The summed E-state index contributed by atoms with van der Waals surface area (Å²) in [6.45, 7) is 0.0457. The van der Waals surface area contributed by atoms with Crippen molar-refractivity contribution >= 4 is 23.9 Å². The Labute approximate surface area is 198 Å². The van der Waals surface area contributed by atoms with Crippen molar-refractivity contribution in [3.05, 3.63) is 94.5 Å².